The van der Waals surface area contributed by atoms with Gasteiger partial charge in [0, 0.05) is 6.42 Å². The van der Waals surface area contributed by atoms with Crippen LogP contribution in [0.1, 0.15) is 29.5 Å². The molecule has 0 bridgehead atoms. The lowest BCUT2D eigenvalue weighted by molar-refractivity contribution is -0.137. The molecule has 0 saturated carbocycles. The minimum absolute atomic E-state index is 0.0156. The Hall–Kier alpha value is -2.83. The first-order valence-corrected chi connectivity index (χ1v) is 10.9. The summed E-state index contributed by atoms with van der Waals surface area (Å²) in [6.07, 6.45) is 0.396. The highest BCUT2D eigenvalue weighted by atomic mass is 32.2. The SMILES string of the molecule is NC(=S)NC(CCC(=O)O)SC(c1ccccc1)(c1ccccc1)c1ccccc1. The minimum atomic E-state index is -0.852. The van der Waals surface area contributed by atoms with E-state index >= 15 is 0 Å². The standard InChI is InChI=1S/C24H24N2O2S2/c25-23(29)26-21(16-17-22(27)28)30-24(18-10-4-1-5-11-18,19-12-6-2-7-13-19)20-14-8-3-9-15-20/h1-15,21H,16-17H2,(H,27,28)(H3,25,26,29). The van der Waals surface area contributed by atoms with E-state index in [1.807, 2.05) is 54.6 Å². The van der Waals surface area contributed by atoms with E-state index in [-0.39, 0.29) is 16.9 Å². The van der Waals surface area contributed by atoms with Crippen LogP contribution in [0.2, 0.25) is 0 Å². The number of aliphatic carboxylic acids is 1. The monoisotopic (exact) mass is 436 g/mol. The number of carboxylic acid groups (broad SMARTS) is 1. The molecule has 3 rings (SSSR count). The Balaban J connectivity index is 2.19. The number of carbonyl (C=O) groups is 1. The van der Waals surface area contributed by atoms with Crippen molar-refractivity contribution in [2.45, 2.75) is 23.0 Å². The molecule has 0 radical (unpaired) electrons. The van der Waals surface area contributed by atoms with E-state index in [1.165, 1.54) is 0 Å². The molecule has 0 amide bonds. The summed E-state index contributed by atoms with van der Waals surface area (Å²) in [4.78, 5) is 11.3. The first kappa shape index (κ1) is 21.9. The van der Waals surface area contributed by atoms with E-state index in [9.17, 15) is 9.90 Å². The number of benzene rings is 3. The molecule has 1 unspecified atom stereocenters. The molecule has 0 aliphatic heterocycles. The normalized spacial score (nSPS) is 12.1. The first-order valence-electron chi connectivity index (χ1n) is 9.64. The molecule has 3 aromatic rings. The quantitative estimate of drug-likeness (QED) is 0.256. The minimum Gasteiger partial charge on any atom is -0.481 e. The highest BCUT2D eigenvalue weighted by Crippen LogP contribution is 2.50. The second-order valence-electron chi connectivity index (χ2n) is 6.83. The third-order valence-electron chi connectivity index (χ3n) is 4.78. The summed E-state index contributed by atoms with van der Waals surface area (Å²) < 4.78 is -0.579. The number of nitrogens with one attached hydrogen (secondary N) is 1. The smallest absolute Gasteiger partial charge is 0.303 e. The van der Waals surface area contributed by atoms with Gasteiger partial charge in [0.25, 0.3) is 0 Å². The Morgan fingerprint density at radius 3 is 1.63 bits per heavy atom. The molecule has 154 valence electrons. The molecule has 0 aromatic heterocycles. The van der Waals surface area contributed by atoms with Crippen LogP contribution in [-0.4, -0.2) is 21.6 Å². The van der Waals surface area contributed by atoms with E-state index in [4.69, 9.17) is 18.0 Å². The fraction of sp³-hybridized carbons (Fsp3) is 0.167. The lowest BCUT2D eigenvalue weighted by Crippen LogP contribution is -2.40. The fourth-order valence-corrected chi connectivity index (χ4v) is 5.39. The number of carboxylic acids is 1. The van der Waals surface area contributed by atoms with Gasteiger partial charge in [0.15, 0.2) is 5.11 Å². The predicted octanol–water partition coefficient (Wildman–Crippen LogP) is 4.74. The Bertz CT molecular complexity index is 870. The van der Waals surface area contributed by atoms with Gasteiger partial charge in [-0.15, -0.1) is 11.8 Å². The molecule has 0 saturated heterocycles. The molecule has 4 nitrogen and oxygen atoms in total. The largest absolute Gasteiger partial charge is 0.481 e. The Labute approximate surface area is 186 Å². The molecule has 3 aromatic carbocycles. The Morgan fingerprint density at radius 1 is 0.900 bits per heavy atom. The second kappa shape index (κ2) is 10.3. The number of hydrogen-bond acceptors (Lipinski definition) is 3. The van der Waals surface area contributed by atoms with Crippen LogP contribution in [0.3, 0.4) is 0 Å². The zero-order valence-electron chi connectivity index (χ0n) is 16.4. The van der Waals surface area contributed by atoms with Gasteiger partial charge in [0.1, 0.15) is 0 Å². The average molecular weight is 437 g/mol. The summed E-state index contributed by atoms with van der Waals surface area (Å²) >= 11 is 6.72. The van der Waals surface area contributed by atoms with Gasteiger partial charge in [0.05, 0.1) is 10.1 Å². The van der Waals surface area contributed by atoms with Crippen molar-refractivity contribution < 1.29 is 9.90 Å². The lowest BCUT2D eigenvalue weighted by Gasteiger charge is -2.38. The molecular formula is C24H24N2O2S2. The zero-order chi connectivity index (χ0) is 21.4. The topological polar surface area (TPSA) is 75.3 Å². The Morgan fingerprint density at radius 2 is 1.30 bits per heavy atom. The number of thioether (sulfide) groups is 1. The van der Waals surface area contributed by atoms with Crippen LogP contribution in [-0.2, 0) is 9.54 Å². The van der Waals surface area contributed by atoms with Crippen LogP contribution in [0.5, 0.6) is 0 Å². The van der Waals surface area contributed by atoms with Crippen LogP contribution < -0.4 is 11.1 Å². The molecular weight excluding hydrogens is 412 g/mol. The van der Waals surface area contributed by atoms with Gasteiger partial charge in [-0.25, -0.2) is 0 Å². The van der Waals surface area contributed by atoms with Crippen LogP contribution in [0, 0.1) is 0 Å². The lowest BCUT2D eigenvalue weighted by atomic mass is 9.84. The number of nitrogens with two attached hydrogens (primary N) is 1. The van der Waals surface area contributed by atoms with E-state index in [0.717, 1.165) is 16.7 Å². The maximum Gasteiger partial charge on any atom is 0.303 e. The molecule has 0 spiro atoms. The van der Waals surface area contributed by atoms with E-state index < -0.39 is 10.7 Å². The van der Waals surface area contributed by atoms with Crippen LogP contribution in [0.15, 0.2) is 91.0 Å². The molecule has 0 aliphatic rings. The van der Waals surface area contributed by atoms with Crippen molar-refractivity contribution in [3.05, 3.63) is 108 Å². The van der Waals surface area contributed by atoms with E-state index in [0.29, 0.717) is 6.42 Å². The fourth-order valence-electron chi connectivity index (χ4n) is 3.51. The highest BCUT2D eigenvalue weighted by Gasteiger charge is 2.39. The molecule has 0 heterocycles. The molecule has 0 aliphatic carbocycles. The van der Waals surface area contributed by atoms with Gasteiger partial charge in [-0.1, -0.05) is 91.0 Å². The van der Waals surface area contributed by atoms with Gasteiger partial charge in [0.2, 0.25) is 0 Å². The van der Waals surface area contributed by atoms with E-state index in [2.05, 4.69) is 41.7 Å². The van der Waals surface area contributed by atoms with Gasteiger partial charge in [-0.3, -0.25) is 4.79 Å². The van der Waals surface area contributed by atoms with Crippen molar-refractivity contribution in [1.82, 2.24) is 5.32 Å². The van der Waals surface area contributed by atoms with Gasteiger partial charge in [-0.2, -0.15) is 0 Å². The molecule has 6 heteroatoms. The van der Waals surface area contributed by atoms with Crippen molar-refractivity contribution >= 4 is 35.1 Å². The summed E-state index contributed by atoms with van der Waals surface area (Å²) in [6, 6.07) is 30.7. The summed E-state index contributed by atoms with van der Waals surface area (Å²) in [6.45, 7) is 0. The van der Waals surface area contributed by atoms with Crippen molar-refractivity contribution in [3.8, 4) is 0 Å². The molecule has 1 atom stereocenters. The molecule has 30 heavy (non-hydrogen) atoms. The number of hydrogen-bond donors (Lipinski definition) is 3. The summed E-state index contributed by atoms with van der Waals surface area (Å²) in [5.41, 5.74) is 9.08. The summed E-state index contributed by atoms with van der Waals surface area (Å²) in [5, 5.41) is 12.2. The molecule has 4 N–H and O–H groups in total. The van der Waals surface area contributed by atoms with Gasteiger partial charge < -0.3 is 16.2 Å². The third kappa shape index (κ3) is 5.20. The first-order chi connectivity index (χ1) is 14.5. The van der Waals surface area contributed by atoms with Crippen molar-refractivity contribution in [3.63, 3.8) is 0 Å². The van der Waals surface area contributed by atoms with Crippen LogP contribution in [0.4, 0.5) is 0 Å². The van der Waals surface area contributed by atoms with Crippen LogP contribution in [0.25, 0.3) is 0 Å². The van der Waals surface area contributed by atoms with Crippen molar-refractivity contribution in [2.24, 2.45) is 5.73 Å². The van der Waals surface area contributed by atoms with Gasteiger partial charge >= 0.3 is 5.97 Å². The average Bonchev–Trinajstić information content (AvgIpc) is 2.77. The summed E-state index contributed by atoms with van der Waals surface area (Å²) in [5.74, 6) is -0.852. The highest BCUT2D eigenvalue weighted by molar-refractivity contribution is 8.01. The second-order valence-corrected chi connectivity index (χ2v) is 8.68. The number of thiocarbonyl (C=S) groups is 1. The van der Waals surface area contributed by atoms with Crippen molar-refractivity contribution in [2.75, 3.05) is 0 Å². The Kier molecular flexibility index (Phi) is 7.49. The summed E-state index contributed by atoms with van der Waals surface area (Å²) in [7, 11) is 0. The third-order valence-corrected chi connectivity index (χ3v) is 6.60. The maximum absolute atomic E-state index is 11.3. The zero-order valence-corrected chi connectivity index (χ0v) is 18.0. The molecule has 0 fully saturated rings. The predicted molar refractivity (Wildman–Crippen MR) is 127 cm³/mol. The van der Waals surface area contributed by atoms with Crippen LogP contribution >= 0.6 is 24.0 Å². The van der Waals surface area contributed by atoms with E-state index in [1.54, 1.807) is 11.8 Å². The van der Waals surface area contributed by atoms with Gasteiger partial charge in [-0.05, 0) is 35.3 Å². The number of rotatable bonds is 9. The maximum atomic E-state index is 11.3. The van der Waals surface area contributed by atoms with Crippen molar-refractivity contribution in [1.29, 1.82) is 0 Å².